The van der Waals surface area contributed by atoms with Crippen molar-refractivity contribution < 1.29 is 22.7 Å². The fourth-order valence-corrected chi connectivity index (χ4v) is 1.77. The van der Waals surface area contributed by atoms with Crippen LogP contribution in [0.1, 0.15) is 5.76 Å². The van der Waals surface area contributed by atoms with Gasteiger partial charge in [-0.25, -0.2) is 0 Å². The van der Waals surface area contributed by atoms with Gasteiger partial charge in [0.1, 0.15) is 5.76 Å². The quantitative estimate of drug-likeness (QED) is 0.870. The maximum atomic E-state index is 12.3. The van der Waals surface area contributed by atoms with Crippen LogP contribution in [0.2, 0.25) is 5.22 Å². The highest BCUT2D eigenvalue weighted by atomic mass is 35.5. The number of methoxy groups -OCH3 is 1. The van der Waals surface area contributed by atoms with Crippen LogP contribution >= 0.6 is 11.6 Å². The molecule has 0 unspecified atom stereocenters. The van der Waals surface area contributed by atoms with Crippen molar-refractivity contribution in [3.63, 3.8) is 0 Å². The van der Waals surface area contributed by atoms with Gasteiger partial charge in [0, 0.05) is 11.8 Å². The smallest absolute Gasteiger partial charge is 0.387 e. The fraction of sp³-hybridized carbons (Fsp3) is 0.231. The van der Waals surface area contributed by atoms with E-state index in [0.29, 0.717) is 23.2 Å². The molecule has 7 heteroatoms. The highest BCUT2D eigenvalue weighted by Crippen LogP contribution is 2.31. The highest BCUT2D eigenvalue weighted by Gasteiger charge is 2.11. The molecule has 1 aromatic heterocycles. The number of alkyl halides is 2. The van der Waals surface area contributed by atoms with Crippen molar-refractivity contribution in [1.82, 2.24) is 0 Å². The Bertz CT molecular complexity index is 574. The van der Waals surface area contributed by atoms with Gasteiger partial charge in [0.05, 0.1) is 13.7 Å². The first-order valence-corrected chi connectivity index (χ1v) is 6.07. The van der Waals surface area contributed by atoms with E-state index in [4.69, 9.17) is 20.8 Å². The van der Waals surface area contributed by atoms with Gasteiger partial charge >= 0.3 is 6.61 Å². The Labute approximate surface area is 119 Å². The lowest BCUT2D eigenvalue weighted by molar-refractivity contribution is -0.0511. The van der Waals surface area contributed by atoms with Gasteiger partial charge in [-0.1, -0.05) is 0 Å². The van der Waals surface area contributed by atoms with E-state index in [2.05, 4.69) is 10.1 Å². The van der Waals surface area contributed by atoms with Crippen molar-refractivity contribution in [2.45, 2.75) is 13.2 Å². The summed E-state index contributed by atoms with van der Waals surface area (Å²) in [4.78, 5) is 0. The Balaban J connectivity index is 2.07. The predicted molar refractivity (Wildman–Crippen MR) is 70.7 cm³/mol. The summed E-state index contributed by atoms with van der Waals surface area (Å²) in [6, 6.07) is 7.99. The average Bonchev–Trinajstić information content (AvgIpc) is 2.82. The zero-order valence-corrected chi connectivity index (χ0v) is 11.3. The summed E-state index contributed by atoms with van der Waals surface area (Å²) in [6.07, 6.45) is 0. The molecule has 1 heterocycles. The molecule has 0 amide bonds. The Morgan fingerprint density at radius 2 is 2.05 bits per heavy atom. The van der Waals surface area contributed by atoms with Crippen molar-refractivity contribution in [1.29, 1.82) is 0 Å². The molecule has 20 heavy (non-hydrogen) atoms. The van der Waals surface area contributed by atoms with Crippen LogP contribution in [0.15, 0.2) is 34.7 Å². The van der Waals surface area contributed by atoms with Gasteiger partial charge < -0.3 is 19.2 Å². The standard InChI is InChI=1S/C13H12ClF2NO3/c1-18-10-4-2-8(6-11(10)20-13(15)16)17-7-9-3-5-12(14)19-9/h2-6,13,17H,7H2,1H3. The van der Waals surface area contributed by atoms with E-state index >= 15 is 0 Å². The van der Waals surface area contributed by atoms with Gasteiger partial charge in [-0.05, 0) is 35.9 Å². The van der Waals surface area contributed by atoms with Crippen molar-refractivity contribution in [2.24, 2.45) is 0 Å². The monoisotopic (exact) mass is 303 g/mol. The van der Waals surface area contributed by atoms with Gasteiger partial charge in [-0.3, -0.25) is 0 Å². The zero-order valence-electron chi connectivity index (χ0n) is 10.5. The second kappa shape index (κ2) is 6.47. The third kappa shape index (κ3) is 3.77. The molecule has 108 valence electrons. The number of nitrogens with one attached hydrogen (secondary N) is 1. The van der Waals surface area contributed by atoms with Crippen LogP contribution in [-0.4, -0.2) is 13.7 Å². The first-order valence-electron chi connectivity index (χ1n) is 5.69. The largest absolute Gasteiger partial charge is 0.493 e. The second-order valence-corrected chi connectivity index (χ2v) is 4.18. The van der Waals surface area contributed by atoms with Crippen LogP contribution in [-0.2, 0) is 6.54 Å². The molecule has 0 aliphatic rings. The van der Waals surface area contributed by atoms with Crippen molar-refractivity contribution >= 4 is 17.3 Å². The maximum Gasteiger partial charge on any atom is 0.387 e. The van der Waals surface area contributed by atoms with E-state index in [-0.39, 0.29) is 11.5 Å². The second-order valence-electron chi connectivity index (χ2n) is 3.80. The lowest BCUT2D eigenvalue weighted by Crippen LogP contribution is -2.05. The van der Waals surface area contributed by atoms with E-state index in [0.717, 1.165) is 0 Å². The highest BCUT2D eigenvalue weighted by molar-refractivity contribution is 6.28. The molecule has 0 fully saturated rings. The summed E-state index contributed by atoms with van der Waals surface area (Å²) in [6.45, 7) is -2.55. The molecular weight excluding hydrogens is 292 g/mol. The maximum absolute atomic E-state index is 12.3. The van der Waals surface area contributed by atoms with E-state index in [9.17, 15) is 8.78 Å². The molecule has 0 saturated heterocycles. The molecule has 0 aliphatic carbocycles. The van der Waals surface area contributed by atoms with E-state index < -0.39 is 6.61 Å². The Morgan fingerprint density at radius 1 is 1.25 bits per heavy atom. The minimum Gasteiger partial charge on any atom is -0.493 e. The number of hydrogen-bond acceptors (Lipinski definition) is 4. The van der Waals surface area contributed by atoms with Crippen molar-refractivity contribution in [2.75, 3.05) is 12.4 Å². The molecule has 2 rings (SSSR count). The van der Waals surface area contributed by atoms with Crippen LogP contribution in [0.25, 0.3) is 0 Å². The third-order valence-electron chi connectivity index (χ3n) is 2.48. The summed E-state index contributed by atoms with van der Waals surface area (Å²) < 4.78 is 39.1. The topological polar surface area (TPSA) is 43.6 Å². The number of furan rings is 1. The molecule has 0 atom stereocenters. The molecule has 2 aromatic rings. The van der Waals surface area contributed by atoms with Gasteiger partial charge in [0.25, 0.3) is 0 Å². The van der Waals surface area contributed by atoms with Crippen LogP contribution in [0.3, 0.4) is 0 Å². The number of ether oxygens (including phenoxy) is 2. The minimum absolute atomic E-state index is 0.0371. The van der Waals surface area contributed by atoms with Crippen LogP contribution < -0.4 is 14.8 Å². The van der Waals surface area contributed by atoms with Gasteiger partial charge in [-0.15, -0.1) is 0 Å². The summed E-state index contributed by atoms with van der Waals surface area (Å²) >= 11 is 5.65. The summed E-state index contributed by atoms with van der Waals surface area (Å²) in [5.74, 6) is 0.823. The molecule has 0 radical (unpaired) electrons. The van der Waals surface area contributed by atoms with E-state index in [1.54, 1.807) is 18.2 Å². The van der Waals surface area contributed by atoms with E-state index in [1.165, 1.54) is 19.2 Å². The first-order chi connectivity index (χ1) is 9.58. The number of rotatable bonds is 6. The molecule has 1 aromatic carbocycles. The summed E-state index contributed by atoms with van der Waals surface area (Å²) in [7, 11) is 1.38. The molecule has 4 nitrogen and oxygen atoms in total. The summed E-state index contributed by atoms with van der Waals surface area (Å²) in [5.41, 5.74) is 0.592. The first kappa shape index (κ1) is 14.5. The number of halogens is 3. The number of anilines is 1. The molecule has 0 aliphatic heterocycles. The molecule has 0 bridgehead atoms. The molecule has 0 spiro atoms. The van der Waals surface area contributed by atoms with Crippen molar-refractivity contribution in [3.8, 4) is 11.5 Å². The normalized spacial score (nSPS) is 10.7. The van der Waals surface area contributed by atoms with E-state index in [1.807, 2.05) is 0 Å². The van der Waals surface area contributed by atoms with Crippen LogP contribution in [0.5, 0.6) is 11.5 Å². The summed E-state index contributed by atoms with van der Waals surface area (Å²) in [5, 5.41) is 3.30. The third-order valence-corrected chi connectivity index (χ3v) is 2.68. The number of hydrogen-bond donors (Lipinski definition) is 1. The Kier molecular flexibility index (Phi) is 4.68. The average molecular weight is 304 g/mol. The Morgan fingerprint density at radius 3 is 2.65 bits per heavy atom. The molecule has 1 N–H and O–H groups in total. The fourth-order valence-electron chi connectivity index (χ4n) is 1.61. The minimum atomic E-state index is -2.91. The SMILES string of the molecule is COc1ccc(NCc2ccc(Cl)o2)cc1OC(F)F. The van der Waals surface area contributed by atoms with Gasteiger partial charge in [0.15, 0.2) is 16.7 Å². The lowest BCUT2D eigenvalue weighted by Gasteiger charge is -2.12. The molecular formula is C13H12ClF2NO3. The molecule has 0 saturated carbocycles. The lowest BCUT2D eigenvalue weighted by atomic mass is 10.2. The van der Waals surface area contributed by atoms with Gasteiger partial charge in [0.2, 0.25) is 0 Å². The van der Waals surface area contributed by atoms with Crippen molar-refractivity contribution in [3.05, 3.63) is 41.3 Å². The van der Waals surface area contributed by atoms with Crippen LogP contribution in [0.4, 0.5) is 14.5 Å². The Hall–Kier alpha value is -1.95. The van der Waals surface area contributed by atoms with Crippen LogP contribution in [0, 0.1) is 0 Å². The zero-order chi connectivity index (χ0) is 14.5. The predicted octanol–water partition coefficient (Wildman–Crippen LogP) is 4.16. The number of benzene rings is 1. The van der Waals surface area contributed by atoms with Gasteiger partial charge in [-0.2, -0.15) is 8.78 Å².